The lowest BCUT2D eigenvalue weighted by molar-refractivity contribution is 0.924. The summed E-state index contributed by atoms with van der Waals surface area (Å²) in [6, 6.07) is 0. The summed E-state index contributed by atoms with van der Waals surface area (Å²) in [4.78, 5) is 6.34. The van der Waals surface area contributed by atoms with E-state index in [1.54, 1.807) is 17.7 Å². The van der Waals surface area contributed by atoms with Crippen LogP contribution in [0.5, 0.6) is 0 Å². The van der Waals surface area contributed by atoms with Gasteiger partial charge in [0.05, 0.1) is 5.69 Å². The summed E-state index contributed by atoms with van der Waals surface area (Å²) in [5, 5.41) is 4.06. The van der Waals surface area contributed by atoms with Gasteiger partial charge in [0.1, 0.15) is 6.33 Å². The molecule has 0 atom stereocenters. The molecule has 0 radical (unpaired) electrons. The second-order valence-electron chi connectivity index (χ2n) is 2.20. The van der Waals surface area contributed by atoms with Gasteiger partial charge in [0, 0.05) is 4.88 Å². The Morgan fingerprint density at radius 1 is 1.50 bits per heavy atom. The minimum atomic E-state index is 0.981. The van der Waals surface area contributed by atoms with Crippen molar-refractivity contribution >= 4 is 16.3 Å². The maximum atomic E-state index is 4.07. The van der Waals surface area contributed by atoms with Crippen molar-refractivity contribution in [1.29, 1.82) is 0 Å². The number of aryl methyl sites for hydroxylation is 2. The molecule has 0 N–H and O–H groups in total. The first kappa shape index (κ1) is 5.85. The molecule has 2 aromatic heterocycles. The van der Waals surface area contributed by atoms with Crippen molar-refractivity contribution in [1.82, 2.24) is 14.6 Å². The summed E-state index contributed by atoms with van der Waals surface area (Å²) >= 11 is 1.67. The second kappa shape index (κ2) is 1.79. The van der Waals surface area contributed by atoms with Gasteiger partial charge in [0.2, 0.25) is 4.96 Å². The van der Waals surface area contributed by atoms with Crippen LogP contribution in [0.3, 0.4) is 0 Å². The zero-order valence-corrected chi connectivity index (χ0v) is 6.64. The Labute approximate surface area is 62.3 Å². The molecule has 10 heavy (non-hydrogen) atoms. The third-order valence-electron chi connectivity index (χ3n) is 1.59. The van der Waals surface area contributed by atoms with E-state index in [2.05, 4.69) is 17.0 Å². The maximum absolute atomic E-state index is 4.07. The van der Waals surface area contributed by atoms with E-state index in [4.69, 9.17) is 0 Å². The van der Waals surface area contributed by atoms with Gasteiger partial charge in [-0.05, 0) is 13.8 Å². The highest BCUT2D eigenvalue weighted by atomic mass is 32.1. The standard InChI is InChI=1S/C6H7N3S/c1-4-5(2)10-6-7-3-8-9(4)6/h3H,1-2H3. The molecule has 0 aliphatic heterocycles. The molecule has 0 amide bonds. The smallest absolute Gasteiger partial charge is 0.208 e. The van der Waals surface area contributed by atoms with E-state index in [0.717, 1.165) is 4.96 Å². The fourth-order valence-electron chi connectivity index (χ4n) is 0.891. The molecule has 0 saturated carbocycles. The molecule has 4 heteroatoms. The highest BCUT2D eigenvalue weighted by Gasteiger charge is 2.03. The molecule has 0 unspecified atom stereocenters. The molecule has 0 aliphatic rings. The van der Waals surface area contributed by atoms with Gasteiger partial charge in [-0.25, -0.2) is 9.50 Å². The average molecular weight is 153 g/mol. The summed E-state index contributed by atoms with van der Waals surface area (Å²) in [5.74, 6) is 0. The quantitative estimate of drug-likeness (QED) is 0.572. The maximum Gasteiger partial charge on any atom is 0.212 e. The number of aromatic nitrogens is 3. The van der Waals surface area contributed by atoms with Gasteiger partial charge in [0.15, 0.2) is 0 Å². The number of thiazole rings is 1. The monoisotopic (exact) mass is 153 g/mol. The molecule has 0 aromatic carbocycles. The van der Waals surface area contributed by atoms with Gasteiger partial charge in [-0.3, -0.25) is 0 Å². The summed E-state index contributed by atoms with van der Waals surface area (Å²) in [5.41, 5.74) is 1.19. The Morgan fingerprint density at radius 3 is 3.00 bits per heavy atom. The van der Waals surface area contributed by atoms with E-state index in [1.165, 1.54) is 10.6 Å². The van der Waals surface area contributed by atoms with E-state index < -0.39 is 0 Å². The molecule has 52 valence electrons. The summed E-state index contributed by atoms with van der Waals surface area (Å²) in [7, 11) is 0. The third kappa shape index (κ3) is 0.593. The first-order chi connectivity index (χ1) is 4.79. The number of nitrogens with zero attached hydrogens (tertiary/aromatic N) is 3. The van der Waals surface area contributed by atoms with Crippen molar-refractivity contribution in [3.63, 3.8) is 0 Å². The highest BCUT2D eigenvalue weighted by Crippen LogP contribution is 2.18. The van der Waals surface area contributed by atoms with Gasteiger partial charge >= 0.3 is 0 Å². The molecule has 2 aromatic rings. The van der Waals surface area contributed by atoms with Crippen molar-refractivity contribution in [3.8, 4) is 0 Å². The number of fused-ring (bicyclic) bond motifs is 1. The lowest BCUT2D eigenvalue weighted by Crippen LogP contribution is -1.85. The van der Waals surface area contributed by atoms with Crippen molar-refractivity contribution in [2.45, 2.75) is 13.8 Å². The first-order valence-corrected chi connectivity index (χ1v) is 3.86. The molecule has 0 spiro atoms. The molecule has 2 rings (SSSR count). The molecule has 3 nitrogen and oxygen atoms in total. The summed E-state index contributed by atoms with van der Waals surface area (Å²) in [6.07, 6.45) is 1.58. The van der Waals surface area contributed by atoms with Gasteiger partial charge < -0.3 is 0 Å². The lowest BCUT2D eigenvalue weighted by atomic mass is 10.4. The Bertz CT molecular complexity index is 360. The summed E-state index contributed by atoms with van der Waals surface area (Å²) in [6.45, 7) is 4.13. The fraction of sp³-hybridized carbons (Fsp3) is 0.333. The molecular formula is C6H7N3S. The Hall–Kier alpha value is -0.900. The van der Waals surface area contributed by atoms with Gasteiger partial charge in [-0.1, -0.05) is 11.3 Å². The van der Waals surface area contributed by atoms with Gasteiger partial charge in [0.25, 0.3) is 0 Å². The van der Waals surface area contributed by atoms with Crippen LogP contribution in [-0.2, 0) is 0 Å². The van der Waals surface area contributed by atoms with Crippen LogP contribution in [0.25, 0.3) is 4.96 Å². The predicted octanol–water partition coefficient (Wildman–Crippen LogP) is 1.41. The Balaban J connectivity index is 2.95. The Kier molecular flexibility index (Phi) is 1.05. The van der Waals surface area contributed by atoms with E-state index in [1.807, 2.05) is 11.4 Å². The highest BCUT2D eigenvalue weighted by molar-refractivity contribution is 7.17. The average Bonchev–Trinajstić information content (AvgIpc) is 2.41. The van der Waals surface area contributed by atoms with Gasteiger partial charge in [-0.2, -0.15) is 5.10 Å². The van der Waals surface area contributed by atoms with Gasteiger partial charge in [-0.15, -0.1) is 0 Å². The van der Waals surface area contributed by atoms with Crippen molar-refractivity contribution in [2.75, 3.05) is 0 Å². The zero-order chi connectivity index (χ0) is 7.14. The normalized spacial score (nSPS) is 11.0. The fourth-order valence-corrected chi connectivity index (χ4v) is 1.77. The van der Waals surface area contributed by atoms with Crippen LogP contribution < -0.4 is 0 Å². The van der Waals surface area contributed by atoms with Crippen molar-refractivity contribution < 1.29 is 0 Å². The van der Waals surface area contributed by atoms with Crippen LogP contribution >= 0.6 is 11.3 Å². The van der Waals surface area contributed by atoms with Crippen LogP contribution in [0.15, 0.2) is 6.33 Å². The zero-order valence-electron chi connectivity index (χ0n) is 5.83. The van der Waals surface area contributed by atoms with Crippen LogP contribution in [0.2, 0.25) is 0 Å². The Morgan fingerprint density at radius 2 is 2.30 bits per heavy atom. The largest absolute Gasteiger partial charge is 0.212 e. The van der Waals surface area contributed by atoms with E-state index in [0.29, 0.717) is 0 Å². The molecule has 2 heterocycles. The number of rotatable bonds is 0. The molecule has 0 fully saturated rings. The molecular weight excluding hydrogens is 146 g/mol. The minimum absolute atomic E-state index is 0.981. The first-order valence-electron chi connectivity index (χ1n) is 3.05. The van der Waals surface area contributed by atoms with Crippen LogP contribution in [0.1, 0.15) is 10.6 Å². The van der Waals surface area contributed by atoms with E-state index in [-0.39, 0.29) is 0 Å². The van der Waals surface area contributed by atoms with Crippen LogP contribution in [0, 0.1) is 13.8 Å². The van der Waals surface area contributed by atoms with E-state index in [9.17, 15) is 0 Å². The SMILES string of the molecule is Cc1sc2ncnn2c1C. The second-order valence-corrected chi connectivity index (χ2v) is 3.38. The third-order valence-corrected chi connectivity index (χ3v) is 2.65. The van der Waals surface area contributed by atoms with Crippen molar-refractivity contribution in [2.24, 2.45) is 0 Å². The van der Waals surface area contributed by atoms with E-state index >= 15 is 0 Å². The molecule has 0 saturated heterocycles. The topological polar surface area (TPSA) is 30.2 Å². The lowest BCUT2D eigenvalue weighted by Gasteiger charge is -1.85. The van der Waals surface area contributed by atoms with Crippen LogP contribution in [0.4, 0.5) is 0 Å². The minimum Gasteiger partial charge on any atom is -0.208 e. The molecule has 0 bridgehead atoms. The number of hydrogen-bond acceptors (Lipinski definition) is 3. The van der Waals surface area contributed by atoms with Crippen LogP contribution in [-0.4, -0.2) is 14.6 Å². The number of hydrogen-bond donors (Lipinski definition) is 0. The summed E-state index contributed by atoms with van der Waals surface area (Å²) < 4.78 is 1.86. The predicted molar refractivity (Wildman–Crippen MR) is 40.3 cm³/mol. The van der Waals surface area contributed by atoms with Crippen molar-refractivity contribution in [3.05, 3.63) is 16.9 Å². The molecule has 0 aliphatic carbocycles.